The molecular weight excluding hydrogens is 302 g/mol. The monoisotopic (exact) mass is 336 g/mol. The molecular formula is C15H35Sb. The Bertz CT molecular complexity index is 122. The van der Waals surface area contributed by atoms with Gasteiger partial charge in [0.1, 0.15) is 0 Å². The van der Waals surface area contributed by atoms with Gasteiger partial charge in [-0.15, -0.1) is 0 Å². The van der Waals surface area contributed by atoms with Crippen LogP contribution in [0.25, 0.3) is 0 Å². The summed E-state index contributed by atoms with van der Waals surface area (Å²) in [6.45, 7) is 12.1. The van der Waals surface area contributed by atoms with E-state index in [2.05, 4.69) is 34.6 Å². The van der Waals surface area contributed by atoms with Crippen molar-refractivity contribution in [2.75, 3.05) is 0 Å². The molecule has 0 aromatic heterocycles. The minimum atomic E-state index is -2.21. The van der Waals surface area contributed by atoms with Crippen LogP contribution in [-0.4, -0.2) is 17.4 Å². The van der Waals surface area contributed by atoms with Crippen molar-refractivity contribution in [3.8, 4) is 0 Å². The van der Waals surface area contributed by atoms with Crippen molar-refractivity contribution in [1.29, 1.82) is 0 Å². The fourth-order valence-electron chi connectivity index (χ4n) is 4.28. The maximum atomic E-state index is 2.42. The van der Waals surface area contributed by atoms with E-state index in [1.54, 1.807) is 21.8 Å². The first-order valence-corrected chi connectivity index (χ1v) is 16.6. The summed E-state index contributed by atoms with van der Waals surface area (Å²) >= 11 is -2.21. The van der Waals surface area contributed by atoms with E-state index in [1.165, 1.54) is 32.1 Å². The van der Waals surface area contributed by atoms with Gasteiger partial charge in [-0.2, -0.15) is 0 Å². The van der Waals surface area contributed by atoms with Gasteiger partial charge in [0.15, 0.2) is 0 Å². The molecule has 0 aromatic rings. The molecule has 1 heteroatoms. The van der Waals surface area contributed by atoms with Crippen molar-refractivity contribution >= 4 is 17.4 Å². The zero-order chi connectivity index (χ0) is 12.5. The Balaban J connectivity index is 5.09. The second-order valence-electron chi connectivity index (χ2n) is 5.85. The summed E-state index contributed by atoms with van der Waals surface area (Å²) in [5.74, 6) is 0. The molecule has 0 saturated carbocycles. The van der Waals surface area contributed by atoms with Crippen LogP contribution in [0, 0.1) is 0 Å². The second kappa shape index (κ2) is 8.01. The van der Waals surface area contributed by atoms with E-state index in [-0.39, 0.29) is 0 Å². The van der Waals surface area contributed by atoms with Gasteiger partial charge < -0.3 is 0 Å². The van der Waals surface area contributed by atoms with Gasteiger partial charge in [0.2, 0.25) is 0 Å². The molecule has 0 atom stereocenters. The maximum absolute atomic E-state index is 2.42. The van der Waals surface area contributed by atoms with Crippen LogP contribution in [0.3, 0.4) is 0 Å². The number of hydrogen-bond acceptors (Lipinski definition) is 0. The van der Waals surface area contributed by atoms with Gasteiger partial charge in [-0.3, -0.25) is 0 Å². The summed E-state index contributed by atoms with van der Waals surface area (Å²) in [6, 6.07) is 0. The molecule has 0 heterocycles. The van der Waals surface area contributed by atoms with E-state index < -0.39 is 17.4 Å². The van der Waals surface area contributed by atoms with E-state index in [0.29, 0.717) is 0 Å². The molecule has 0 aromatic carbocycles. The van der Waals surface area contributed by atoms with E-state index in [4.69, 9.17) is 0 Å². The average molecular weight is 337 g/mol. The van der Waals surface area contributed by atoms with Gasteiger partial charge in [-0.05, 0) is 0 Å². The summed E-state index contributed by atoms with van der Waals surface area (Å²) in [7, 11) is 0. The minimum absolute atomic E-state index is 1.45. The van der Waals surface area contributed by atoms with E-state index in [1.807, 2.05) is 0 Å². The molecule has 0 unspecified atom stereocenters. The predicted molar refractivity (Wildman–Crippen MR) is 81.2 cm³/mol. The Labute approximate surface area is 106 Å². The third kappa shape index (κ3) is 4.24. The molecule has 0 fully saturated rings. The van der Waals surface area contributed by atoms with Crippen molar-refractivity contribution in [1.82, 2.24) is 0 Å². The molecule has 100 valence electrons. The molecule has 0 bridgehead atoms. The summed E-state index contributed by atoms with van der Waals surface area (Å²) in [5.41, 5.74) is 0. The summed E-state index contributed by atoms with van der Waals surface area (Å²) < 4.78 is 8.25. The van der Waals surface area contributed by atoms with E-state index in [9.17, 15) is 0 Å². The van der Waals surface area contributed by atoms with Gasteiger partial charge in [0, 0.05) is 0 Å². The molecule has 0 radical (unpaired) electrons. The molecule has 0 spiro atoms. The first kappa shape index (κ1) is 16.8. The van der Waals surface area contributed by atoms with Crippen LogP contribution in [-0.2, 0) is 0 Å². The summed E-state index contributed by atoms with van der Waals surface area (Å²) in [6.07, 6.45) is 7.23. The molecule has 16 heavy (non-hydrogen) atoms. The third-order valence-corrected chi connectivity index (χ3v) is 28.7. The molecule has 0 rings (SSSR count). The standard InChI is InChI=1S/5C3H7.Sb/c5*1-3-2;/h5*1,3H2,2H3;. The van der Waals surface area contributed by atoms with Crippen LogP contribution in [0.5, 0.6) is 0 Å². The van der Waals surface area contributed by atoms with Gasteiger partial charge in [0.05, 0.1) is 0 Å². The van der Waals surface area contributed by atoms with E-state index in [0.717, 1.165) is 0 Å². The fraction of sp³-hybridized carbons (Fsp3) is 1.00. The summed E-state index contributed by atoms with van der Waals surface area (Å²) in [5, 5.41) is 0. The first-order valence-electron chi connectivity index (χ1n) is 7.62. The fourth-order valence-corrected chi connectivity index (χ4v) is 28.7. The van der Waals surface area contributed by atoms with Gasteiger partial charge in [-0.25, -0.2) is 0 Å². The Hall–Kier alpha value is 0.818. The Morgan fingerprint density at radius 1 is 0.438 bits per heavy atom. The SMILES string of the molecule is CC[CH2][Sb]([CH2]CC)([CH2]CC)([CH2]CC)[CH2]CC. The zero-order valence-corrected chi connectivity index (χ0v) is 15.1. The number of hydrogen-bond donors (Lipinski definition) is 0. The van der Waals surface area contributed by atoms with Crippen LogP contribution in [0.4, 0.5) is 0 Å². The Morgan fingerprint density at radius 2 is 0.625 bits per heavy atom. The van der Waals surface area contributed by atoms with Crippen LogP contribution in [0.2, 0.25) is 21.8 Å². The molecule has 0 aliphatic carbocycles. The van der Waals surface area contributed by atoms with Gasteiger partial charge >= 0.3 is 106 Å². The average Bonchev–Trinajstić information content (AvgIpc) is 2.19. The van der Waals surface area contributed by atoms with Crippen LogP contribution in [0.1, 0.15) is 66.7 Å². The van der Waals surface area contributed by atoms with E-state index >= 15 is 0 Å². The molecule has 0 saturated heterocycles. The third-order valence-electron chi connectivity index (χ3n) is 4.28. The van der Waals surface area contributed by atoms with Gasteiger partial charge in [-0.1, -0.05) is 0 Å². The van der Waals surface area contributed by atoms with Gasteiger partial charge in [0.25, 0.3) is 0 Å². The topological polar surface area (TPSA) is 0 Å². The normalized spacial score (nSPS) is 14.7. The molecule has 0 aliphatic rings. The molecule has 0 amide bonds. The Kier molecular flexibility index (Phi) is 8.42. The molecule has 0 nitrogen and oxygen atoms in total. The molecule has 0 aliphatic heterocycles. The predicted octanol–water partition coefficient (Wildman–Crippen LogP) is 6.44. The quantitative estimate of drug-likeness (QED) is 0.402. The number of rotatable bonds is 10. The second-order valence-corrected chi connectivity index (χ2v) is 25.0. The van der Waals surface area contributed by atoms with Crippen molar-refractivity contribution in [3.05, 3.63) is 0 Å². The Morgan fingerprint density at radius 3 is 0.750 bits per heavy atom. The van der Waals surface area contributed by atoms with Crippen molar-refractivity contribution in [2.45, 2.75) is 88.6 Å². The van der Waals surface area contributed by atoms with Crippen molar-refractivity contribution < 1.29 is 0 Å². The van der Waals surface area contributed by atoms with Crippen molar-refractivity contribution in [3.63, 3.8) is 0 Å². The first-order chi connectivity index (χ1) is 7.62. The van der Waals surface area contributed by atoms with Crippen LogP contribution in [0.15, 0.2) is 0 Å². The molecule has 0 N–H and O–H groups in total. The van der Waals surface area contributed by atoms with Crippen LogP contribution >= 0.6 is 0 Å². The zero-order valence-electron chi connectivity index (χ0n) is 12.5. The summed E-state index contributed by atoms with van der Waals surface area (Å²) in [4.78, 5) is 0. The van der Waals surface area contributed by atoms with Crippen molar-refractivity contribution in [2.24, 2.45) is 0 Å². The van der Waals surface area contributed by atoms with Crippen LogP contribution < -0.4 is 0 Å².